The van der Waals surface area contributed by atoms with Crippen molar-refractivity contribution >= 4 is 23.1 Å². The number of benzene rings is 1. The number of nitriles is 1. The van der Waals surface area contributed by atoms with E-state index in [1.165, 1.54) is 30.4 Å². The molecule has 3 rings (SSSR count). The number of carbonyl (C=O) groups is 1. The molecule has 5 heteroatoms. The molecule has 0 radical (unpaired) electrons. The lowest BCUT2D eigenvalue weighted by Crippen LogP contribution is -2.38. The minimum Gasteiger partial charge on any atom is -0.352 e. The minimum absolute atomic E-state index is 0.0274. The molecule has 27 heavy (non-hydrogen) atoms. The quantitative estimate of drug-likeness (QED) is 0.789. The van der Waals surface area contributed by atoms with E-state index in [-0.39, 0.29) is 18.4 Å². The molecule has 1 aliphatic heterocycles. The summed E-state index contributed by atoms with van der Waals surface area (Å²) in [6.45, 7) is 3.30. The SMILES string of the molecule is N#CCC(=O)N[C@H]1CC[C@H](CCN2CC=C(c3ccc(Cl)cc3)CC2)CC1. The van der Waals surface area contributed by atoms with Crippen LogP contribution in [-0.4, -0.2) is 36.5 Å². The summed E-state index contributed by atoms with van der Waals surface area (Å²) in [5, 5.41) is 12.3. The molecule has 144 valence electrons. The van der Waals surface area contributed by atoms with Crippen LogP contribution in [-0.2, 0) is 4.79 Å². The number of hydrogen-bond acceptors (Lipinski definition) is 3. The summed E-state index contributed by atoms with van der Waals surface area (Å²) in [5.41, 5.74) is 2.72. The molecule has 1 fully saturated rings. The first-order valence-corrected chi connectivity index (χ1v) is 10.4. The van der Waals surface area contributed by atoms with Crippen molar-refractivity contribution in [3.05, 3.63) is 40.9 Å². The summed E-state index contributed by atoms with van der Waals surface area (Å²) in [6.07, 6.45) is 9.11. The molecule has 1 aliphatic carbocycles. The number of nitrogens with zero attached hydrogens (tertiary/aromatic N) is 2. The lowest BCUT2D eigenvalue weighted by molar-refractivity contribution is -0.121. The smallest absolute Gasteiger partial charge is 0.234 e. The number of rotatable bonds is 6. The van der Waals surface area contributed by atoms with Gasteiger partial charge in [-0.25, -0.2) is 0 Å². The number of nitrogens with one attached hydrogen (secondary N) is 1. The Morgan fingerprint density at radius 1 is 1.22 bits per heavy atom. The van der Waals surface area contributed by atoms with E-state index < -0.39 is 0 Å². The number of hydrogen-bond donors (Lipinski definition) is 1. The number of amides is 1. The summed E-state index contributed by atoms with van der Waals surface area (Å²) in [6, 6.07) is 10.3. The second kappa shape index (κ2) is 9.92. The summed E-state index contributed by atoms with van der Waals surface area (Å²) < 4.78 is 0. The van der Waals surface area contributed by atoms with Gasteiger partial charge in [0.15, 0.2) is 0 Å². The van der Waals surface area contributed by atoms with Crippen molar-refractivity contribution in [3.8, 4) is 6.07 Å². The first kappa shape index (κ1) is 19.9. The fraction of sp³-hybridized carbons (Fsp3) is 0.545. The number of carbonyl (C=O) groups excluding carboxylic acids is 1. The van der Waals surface area contributed by atoms with E-state index in [4.69, 9.17) is 16.9 Å². The molecule has 0 saturated heterocycles. The zero-order valence-electron chi connectivity index (χ0n) is 15.8. The fourth-order valence-corrected chi connectivity index (χ4v) is 4.28. The van der Waals surface area contributed by atoms with Gasteiger partial charge >= 0.3 is 0 Å². The van der Waals surface area contributed by atoms with Crippen LogP contribution in [0.15, 0.2) is 30.3 Å². The van der Waals surface area contributed by atoms with E-state index in [2.05, 4.69) is 28.4 Å². The van der Waals surface area contributed by atoms with Crippen molar-refractivity contribution in [1.29, 1.82) is 5.26 Å². The predicted molar refractivity (Wildman–Crippen MR) is 109 cm³/mol. The Morgan fingerprint density at radius 3 is 2.59 bits per heavy atom. The maximum Gasteiger partial charge on any atom is 0.234 e. The van der Waals surface area contributed by atoms with Gasteiger partial charge in [0.25, 0.3) is 0 Å². The third-order valence-corrected chi connectivity index (χ3v) is 6.07. The van der Waals surface area contributed by atoms with Crippen molar-refractivity contribution < 1.29 is 4.79 Å². The van der Waals surface area contributed by atoms with Gasteiger partial charge in [-0.2, -0.15) is 5.26 Å². The maximum atomic E-state index is 11.5. The summed E-state index contributed by atoms with van der Waals surface area (Å²) in [4.78, 5) is 14.1. The van der Waals surface area contributed by atoms with Gasteiger partial charge in [-0.05, 0) is 74.3 Å². The summed E-state index contributed by atoms with van der Waals surface area (Å²) >= 11 is 5.98. The van der Waals surface area contributed by atoms with Crippen molar-refractivity contribution in [3.63, 3.8) is 0 Å². The van der Waals surface area contributed by atoms with Crippen LogP contribution in [0.1, 0.15) is 50.5 Å². The van der Waals surface area contributed by atoms with Gasteiger partial charge in [-0.1, -0.05) is 29.8 Å². The molecule has 0 bridgehead atoms. The Labute approximate surface area is 167 Å². The molecule has 1 aromatic rings. The highest BCUT2D eigenvalue weighted by molar-refractivity contribution is 6.30. The highest BCUT2D eigenvalue weighted by Crippen LogP contribution is 2.28. The Bertz CT molecular complexity index is 699. The van der Waals surface area contributed by atoms with Gasteiger partial charge in [0, 0.05) is 24.2 Å². The molecule has 0 aromatic heterocycles. The predicted octanol–water partition coefficient (Wildman–Crippen LogP) is 4.41. The van der Waals surface area contributed by atoms with Crippen LogP contribution in [0.25, 0.3) is 5.57 Å². The molecular formula is C22H28ClN3O. The van der Waals surface area contributed by atoms with E-state index in [1.807, 2.05) is 18.2 Å². The van der Waals surface area contributed by atoms with Gasteiger partial charge in [-0.3, -0.25) is 9.69 Å². The molecular weight excluding hydrogens is 358 g/mol. The molecule has 1 amide bonds. The number of halogens is 1. The van der Waals surface area contributed by atoms with E-state index in [0.717, 1.165) is 49.8 Å². The largest absolute Gasteiger partial charge is 0.352 e. The summed E-state index contributed by atoms with van der Waals surface area (Å²) in [5.74, 6) is 0.633. The van der Waals surface area contributed by atoms with Crippen LogP contribution in [0.3, 0.4) is 0 Å². The summed E-state index contributed by atoms with van der Waals surface area (Å²) in [7, 11) is 0. The van der Waals surface area contributed by atoms with Crippen molar-refractivity contribution in [1.82, 2.24) is 10.2 Å². The van der Waals surface area contributed by atoms with Crippen LogP contribution in [0, 0.1) is 17.2 Å². The lowest BCUT2D eigenvalue weighted by atomic mass is 9.84. The second-order valence-corrected chi connectivity index (χ2v) is 8.13. The maximum absolute atomic E-state index is 11.5. The monoisotopic (exact) mass is 385 g/mol. The van der Waals surface area contributed by atoms with E-state index >= 15 is 0 Å². The third kappa shape index (κ3) is 6.09. The van der Waals surface area contributed by atoms with E-state index in [0.29, 0.717) is 0 Å². The van der Waals surface area contributed by atoms with Gasteiger partial charge in [0.05, 0.1) is 6.07 Å². The molecule has 1 N–H and O–H groups in total. The Balaban J connectivity index is 1.36. The molecule has 1 heterocycles. The third-order valence-electron chi connectivity index (χ3n) is 5.81. The standard InChI is InChI=1S/C22H28ClN3O/c23-20-5-3-18(4-6-20)19-11-15-26(16-12-19)14-10-17-1-7-21(8-2-17)25-22(27)9-13-24/h3-6,11,17,21H,1-2,7-10,12,14-16H2,(H,25,27)/t17-,21-. The first-order chi connectivity index (χ1) is 13.1. The van der Waals surface area contributed by atoms with Crippen LogP contribution in [0.5, 0.6) is 0 Å². The average Bonchev–Trinajstić information content (AvgIpc) is 2.69. The molecule has 0 unspecified atom stereocenters. The highest BCUT2D eigenvalue weighted by Gasteiger charge is 2.23. The van der Waals surface area contributed by atoms with Crippen LogP contribution in [0.2, 0.25) is 5.02 Å². The Morgan fingerprint density at radius 2 is 1.96 bits per heavy atom. The normalized spacial score (nSPS) is 23.3. The minimum atomic E-state index is -0.127. The Kier molecular flexibility index (Phi) is 7.32. The lowest BCUT2D eigenvalue weighted by Gasteiger charge is -2.32. The molecule has 1 aromatic carbocycles. The topological polar surface area (TPSA) is 56.1 Å². The van der Waals surface area contributed by atoms with Crippen LogP contribution < -0.4 is 5.32 Å². The van der Waals surface area contributed by atoms with Gasteiger partial charge in [0.2, 0.25) is 5.91 Å². The van der Waals surface area contributed by atoms with Crippen molar-refractivity contribution in [2.24, 2.45) is 5.92 Å². The van der Waals surface area contributed by atoms with Gasteiger partial charge in [0.1, 0.15) is 6.42 Å². The molecule has 4 nitrogen and oxygen atoms in total. The fourth-order valence-electron chi connectivity index (χ4n) is 4.15. The van der Waals surface area contributed by atoms with Crippen molar-refractivity contribution in [2.75, 3.05) is 19.6 Å². The Hall–Kier alpha value is -1.83. The van der Waals surface area contributed by atoms with Gasteiger partial charge < -0.3 is 5.32 Å². The van der Waals surface area contributed by atoms with E-state index in [9.17, 15) is 4.79 Å². The zero-order chi connectivity index (χ0) is 19.1. The zero-order valence-corrected chi connectivity index (χ0v) is 16.5. The highest BCUT2D eigenvalue weighted by atomic mass is 35.5. The van der Waals surface area contributed by atoms with Gasteiger partial charge in [-0.15, -0.1) is 0 Å². The van der Waals surface area contributed by atoms with Crippen LogP contribution in [0.4, 0.5) is 0 Å². The van der Waals surface area contributed by atoms with E-state index in [1.54, 1.807) is 0 Å². The molecule has 1 saturated carbocycles. The average molecular weight is 386 g/mol. The molecule has 0 spiro atoms. The molecule has 2 aliphatic rings. The van der Waals surface area contributed by atoms with Crippen LogP contribution >= 0.6 is 11.6 Å². The molecule has 0 atom stereocenters. The first-order valence-electron chi connectivity index (χ1n) is 9.97. The van der Waals surface area contributed by atoms with Crippen molar-refractivity contribution in [2.45, 2.75) is 51.0 Å². The second-order valence-electron chi connectivity index (χ2n) is 7.70.